The number of benzene rings is 1. The monoisotopic (exact) mass is 386 g/mol. The molecule has 0 amide bonds. The normalized spacial score (nSPS) is 31.0. The summed E-state index contributed by atoms with van der Waals surface area (Å²) < 4.78 is 11.2. The van der Waals surface area contributed by atoms with Gasteiger partial charge in [0.15, 0.2) is 0 Å². The zero-order valence-electron chi connectivity index (χ0n) is 16.2. The van der Waals surface area contributed by atoms with E-state index >= 15 is 0 Å². The van der Waals surface area contributed by atoms with Crippen molar-refractivity contribution in [3.05, 3.63) is 41.0 Å². The van der Waals surface area contributed by atoms with Crippen LogP contribution in [0.1, 0.15) is 49.9 Å². The summed E-state index contributed by atoms with van der Waals surface area (Å²) in [5.41, 5.74) is 1.04. The number of hydrogen-bond acceptors (Lipinski definition) is 6. The standard InChI is InChI=1S/C22H26O6/c1-21(2)8-3-9-22(12-23)16-11-27-20(26)15(16)10-17(18(21)22)28-19(25)13-4-6-14(24)7-5-13/h4-7,17-18,23-24H,3,8-12H2,1-2H3/t17-,18+,22+/m1/s1. The summed E-state index contributed by atoms with van der Waals surface area (Å²) in [7, 11) is 0. The highest BCUT2D eigenvalue weighted by molar-refractivity contribution is 5.93. The number of phenols is 1. The summed E-state index contributed by atoms with van der Waals surface area (Å²) in [6.45, 7) is 4.42. The van der Waals surface area contributed by atoms with Crippen LogP contribution in [0.15, 0.2) is 35.4 Å². The molecule has 1 heterocycles. The maximum Gasteiger partial charge on any atom is 0.338 e. The predicted molar refractivity (Wildman–Crippen MR) is 101 cm³/mol. The van der Waals surface area contributed by atoms with Gasteiger partial charge < -0.3 is 19.7 Å². The number of carbonyl (C=O) groups is 2. The van der Waals surface area contributed by atoms with Gasteiger partial charge in [-0.25, -0.2) is 9.59 Å². The van der Waals surface area contributed by atoms with Gasteiger partial charge in [-0.15, -0.1) is 0 Å². The molecule has 150 valence electrons. The molecule has 3 aliphatic rings. The van der Waals surface area contributed by atoms with E-state index in [-0.39, 0.29) is 36.3 Å². The molecule has 3 atom stereocenters. The highest BCUT2D eigenvalue weighted by Crippen LogP contribution is 2.61. The summed E-state index contributed by atoms with van der Waals surface area (Å²) in [6, 6.07) is 5.91. The second-order valence-electron chi connectivity index (χ2n) is 8.86. The fourth-order valence-corrected chi connectivity index (χ4v) is 5.71. The number of aromatic hydroxyl groups is 1. The van der Waals surface area contributed by atoms with Crippen LogP contribution in [-0.2, 0) is 14.3 Å². The number of ether oxygens (including phenoxy) is 2. The molecule has 1 fully saturated rings. The molecule has 1 aromatic carbocycles. The van der Waals surface area contributed by atoms with Gasteiger partial charge in [0.25, 0.3) is 0 Å². The Bertz CT molecular complexity index is 837. The minimum atomic E-state index is -0.596. The molecule has 2 aliphatic carbocycles. The first-order chi connectivity index (χ1) is 13.3. The molecule has 28 heavy (non-hydrogen) atoms. The highest BCUT2D eigenvalue weighted by atomic mass is 16.5. The first-order valence-electron chi connectivity index (χ1n) is 9.79. The fraction of sp³-hybridized carbons (Fsp3) is 0.545. The van der Waals surface area contributed by atoms with Gasteiger partial charge in [0.2, 0.25) is 0 Å². The molecule has 2 N–H and O–H groups in total. The van der Waals surface area contributed by atoms with Crippen molar-refractivity contribution in [1.82, 2.24) is 0 Å². The molecule has 1 aliphatic heterocycles. The third-order valence-corrected chi connectivity index (χ3v) is 6.86. The van der Waals surface area contributed by atoms with E-state index in [1.54, 1.807) is 0 Å². The Labute approximate surface area is 164 Å². The number of hydrogen-bond donors (Lipinski definition) is 2. The molecule has 0 saturated heterocycles. The van der Waals surface area contributed by atoms with Crippen LogP contribution in [-0.4, -0.2) is 41.5 Å². The molecule has 0 aromatic heterocycles. The Morgan fingerprint density at radius 3 is 2.64 bits per heavy atom. The summed E-state index contributed by atoms with van der Waals surface area (Å²) in [5.74, 6) is -0.887. The van der Waals surface area contributed by atoms with Crippen LogP contribution < -0.4 is 0 Å². The fourth-order valence-electron chi connectivity index (χ4n) is 5.71. The molecule has 4 rings (SSSR count). The number of fused-ring (bicyclic) bond motifs is 2. The van der Waals surface area contributed by atoms with Crippen molar-refractivity contribution in [2.45, 2.75) is 45.6 Å². The number of esters is 2. The molecule has 0 radical (unpaired) electrons. The van der Waals surface area contributed by atoms with Gasteiger partial charge in [-0.05, 0) is 48.1 Å². The zero-order valence-corrected chi connectivity index (χ0v) is 16.2. The summed E-state index contributed by atoms with van der Waals surface area (Å²) in [6.07, 6.45) is 2.44. The van der Waals surface area contributed by atoms with Crippen LogP contribution in [0.2, 0.25) is 0 Å². The van der Waals surface area contributed by atoms with Crippen LogP contribution in [0.5, 0.6) is 5.75 Å². The minimum absolute atomic E-state index is 0.0745. The van der Waals surface area contributed by atoms with Gasteiger partial charge >= 0.3 is 11.9 Å². The van der Waals surface area contributed by atoms with Crippen LogP contribution in [0.3, 0.4) is 0 Å². The first kappa shape index (κ1) is 19.0. The average molecular weight is 386 g/mol. The van der Waals surface area contributed by atoms with Gasteiger partial charge in [-0.1, -0.05) is 20.3 Å². The lowest BCUT2D eigenvalue weighted by Crippen LogP contribution is -2.56. The molecule has 0 bridgehead atoms. The first-order valence-corrected chi connectivity index (χ1v) is 9.79. The Hall–Kier alpha value is -2.34. The zero-order chi connectivity index (χ0) is 20.1. The van der Waals surface area contributed by atoms with E-state index in [1.165, 1.54) is 24.3 Å². The van der Waals surface area contributed by atoms with Crippen LogP contribution in [0.4, 0.5) is 0 Å². The molecular weight excluding hydrogens is 360 g/mol. The van der Waals surface area contributed by atoms with Crippen molar-refractivity contribution in [2.24, 2.45) is 16.7 Å². The van der Waals surface area contributed by atoms with Gasteiger partial charge in [0.1, 0.15) is 18.5 Å². The maximum absolute atomic E-state index is 12.8. The van der Waals surface area contributed by atoms with E-state index in [4.69, 9.17) is 9.47 Å². The van der Waals surface area contributed by atoms with Crippen molar-refractivity contribution in [1.29, 1.82) is 0 Å². The van der Waals surface area contributed by atoms with Gasteiger partial charge in [-0.3, -0.25) is 0 Å². The molecule has 6 nitrogen and oxygen atoms in total. The van der Waals surface area contributed by atoms with E-state index in [0.717, 1.165) is 24.8 Å². The second kappa shape index (κ2) is 6.62. The van der Waals surface area contributed by atoms with Crippen LogP contribution >= 0.6 is 0 Å². The topological polar surface area (TPSA) is 93.1 Å². The number of rotatable bonds is 3. The van der Waals surface area contributed by atoms with Crippen molar-refractivity contribution in [2.75, 3.05) is 13.2 Å². The number of carbonyl (C=O) groups excluding carboxylic acids is 2. The molecule has 0 unspecified atom stereocenters. The lowest BCUT2D eigenvalue weighted by Gasteiger charge is -2.56. The lowest BCUT2D eigenvalue weighted by atomic mass is 9.49. The molecule has 1 aromatic rings. The van der Waals surface area contributed by atoms with Crippen molar-refractivity contribution < 1.29 is 29.3 Å². The Kier molecular flexibility index (Phi) is 4.49. The highest BCUT2D eigenvalue weighted by Gasteiger charge is 2.60. The lowest BCUT2D eigenvalue weighted by molar-refractivity contribution is -0.136. The SMILES string of the molecule is CC1(C)CCC[C@]2(CO)C3=C(C[C@@H](OC(=O)c4ccc(O)cc4)[C@@H]12)C(=O)OC3. The number of aliphatic hydroxyl groups is 1. The number of cyclic esters (lactones) is 1. The Morgan fingerprint density at radius 1 is 1.25 bits per heavy atom. The largest absolute Gasteiger partial charge is 0.508 e. The van der Waals surface area contributed by atoms with E-state index in [9.17, 15) is 19.8 Å². The molecular formula is C22H26O6. The smallest absolute Gasteiger partial charge is 0.338 e. The van der Waals surface area contributed by atoms with Gasteiger partial charge in [0.05, 0.1) is 12.2 Å². The third kappa shape index (κ3) is 2.82. The third-order valence-electron chi connectivity index (χ3n) is 6.86. The molecule has 6 heteroatoms. The van der Waals surface area contributed by atoms with E-state index in [1.807, 2.05) is 0 Å². The Morgan fingerprint density at radius 2 is 1.96 bits per heavy atom. The van der Waals surface area contributed by atoms with Crippen LogP contribution in [0.25, 0.3) is 0 Å². The van der Waals surface area contributed by atoms with Crippen molar-refractivity contribution >= 4 is 11.9 Å². The number of aliphatic hydroxyl groups excluding tert-OH is 1. The van der Waals surface area contributed by atoms with Crippen molar-refractivity contribution in [3.63, 3.8) is 0 Å². The van der Waals surface area contributed by atoms with Gasteiger partial charge in [-0.2, -0.15) is 0 Å². The van der Waals surface area contributed by atoms with Crippen LogP contribution in [0, 0.1) is 16.7 Å². The van der Waals surface area contributed by atoms with E-state index in [2.05, 4.69) is 13.8 Å². The van der Waals surface area contributed by atoms with Gasteiger partial charge in [0, 0.05) is 23.3 Å². The summed E-state index contributed by atoms with van der Waals surface area (Å²) >= 11 is 0. The second-order valence-corrected chi connectivity index (χ2v) is 8.86. The number of phenolic OH excluding ortho intramolecular Hbond substituents is 1. The average Bonchev–Trinajstić information content (AvgIpc) is 3.03. The van der Waals surface area contributed by atoms with Crippen molar-refractivity contribution in [3.8, 4) is 5.75 Å². The quantitative estimate of drug-likeness (QED) is 0.776. The summed E-state index contributed by atoms with van der Waals surface area (Å²) in [5, 5.41) is 19.9. The molecule has 0 spiro atoms. The summed E-state index contributed by atoms with van der Waals surface area (Å²) in [4.78, 5) is 25.1. The van der Waals surface area contributed by atoms with E-state index < -0.39 is 17.5 Å². The molecule has 1 saturated carbocycles. The predicted octanol–water partition coefficient (Wildman–Crippen LogP) is 2.98. The minimum Gasteiger partial charge on any atom is -0.508 e. The maximum atomic E-state index is 12.8. The Balaban J connectivity index is 1.73. The van der Waals surface area contributed by atoms with E-state index in [0.29, 0.717) is 17.6 Å².